The number of carbonyl (C=O) groups is 1. The van der Waals surface area contributed by atoms with Crippen molar-refractivity contribution < 1.29 is 23.8 Å². The van der Waals surface area contributed by atoms with Crippen molar-refractivity contribution in [2.24, 2.45) is 0 Å². The van der Waals surface area contributed by atoms with Gasteiger partial charge in [0, 0.05) is 6.07 Å². The second kappa shape index (κ2) is 5.60. The summed E-state index contributed by atoms with van der Waals surface area (Å²) in [4.78, 5) is 11.0. The molecule has 1 N–H and O–H groups in total. The molecule has 106 valence electrons. The summed E-state index contributed by atoms with van der Waals surface area (Å²) in [7, 11) is 2.97. The molecule has 0 bridgehead atoms. The number of benzene rings is 1. The molecule has 0 radical (unpaired) electrons. The van der Waals surface area contributed by atoms with Crippen molar-refractivity contribution in [1.82, 2.24) is 9.78 Å². The van der Waals surface area contributed by atoms with Crippen molar-refractivity contribution in [1.29, 1.82) is 0 Å². The fourth-order valence-corrected chi connectivity index (χ4v) is 1.85. The Morgan fingerprint density at radius 2 is 2.15 bits per heavy atom. The molecule has 0 atom stereocenters. The molecule has 6 nitrogen and oxygen atoms in total. The topological polar surface area (TPSA) is 73.6 Å². The summed E-state index contributed by atoms with van der Waals surface area (Å²) in [6.45, 7) is -0.948. The number of hydrogen-bond acceptors (Lipinski definition) is 4. The number of halogens is 1. The van der Waals surface area contributed by atoms with E-state index < -0.39 is 12.6 Å². The summed E-state index contributed by atoms with van der Waals surface area (Å²) in [5, 5.41) is 12.9. The number of aromatic nitrogens is 2. The van der Waals surface area contributed by atoms with Gasteiger partial charge in [0.2, 0.25) is 0 Å². The van der Waals surface area contributed by atoms with Gasteiger partial charge in [0.25, 0.3) is 0 Å². The van der Waals surface area contributed by atoms with E-state index in [1.54, 1.807) is 18.2 Å². The van der Waals surface area contributed by atoms with Crippen LogP contribution in [0.2, 0.25) is 0 Å². The summed E-state index contributed by atoms with van der Waals surface area (Å²) < 4.78 is 24.6. The minimum Gasteiger partial charge on any atom is -0.497 e. The molecule has 2 aromatic rings. The first-order chi connectivity index (χ1) is 9.62. The Morgan fingerprint density at radius 3 is 2.70 bits per heavy atom. The van der Waals surface area contributed by atoms with Crippen LogP contribution in [0.5, 0.6) is 11.5 Å². The first-order valence-electron chi connectivity index (χ1n) is 5.71. The molecule has 0 aliphatic carbocycles. The van der Waals surface area contributed by atoms with Gasteiger partial charge in [-0.3, -0.25) is 0 Å². The van der Waals surface area contributed by atoms with Crippen LogP contribution >= 0.6 is 0 Å². The third-order valence-electron chi connectivity index (χ3n) is 2.84. The minimum absolute atomic E-state index is 0.0408. The standard InChI is InChI=1S/C13H13FN2O4/c1-19-8-3-4-10(12(5-8)20-2)16-11(6-14)9(7-15-16)13(17)18/h3-5,7H,6H2,1-2H3,(H,17,18). The van der Waals surface area contributed by atoms with Crippen LogP contribution in [0.4, 0.5) is 4.39 Å². The fourth-order valence-electron chi connectivity index (χ4n) is 1.85. The molecule has 7 heteroatoms. The Labute approximate surface area is 114 Å². The van der Waals surface area contributed by atoms with Gasteiger partial charge in [-0.1, -0.05) is 0 Å². The quantitative estimate of drug-likeness (QED) is 0.907. The van der Waals surface area contributed by atoms with Gasteiger partial charge in [-0.05, 0) is 12.1 Å². The smallest absolute Gasteiger partial charge is 0.339 e. The molecule has 0 saturated carbocycles. The van der Waals surface area contributed by atoms with Crippen LogP contribution in [0.25, 0.3) is 5.69 Å². The molecular formula is C13H13FN2O4. The molecular weight excluding hydrogens is 267 g/mol. The highest BCUT2D eigenvalue weighted by molar-refractivity contribution is 5.88. The molecule has 1 heterocycles. The zero-order valence-corrected chi connectivity index (χ0v) is 11.0. The first kappa shape index (κ1) is 13.9. The maximum atomic E-state index is 13.1. The largest absolute Gasteiger partial charge is 0.497 e. The lowest BCUT2D eigenvalue weighted by Gasteiger charge is -2.12. The van der Waals surface area contributed by atoms with Crippen LogP contribution in [0.3, 0.4) is 0 Å². The van der Waals surface area contributed by atoms with E-state index in [2.05, 4.69) is 5.10 Å². The van der Waals surface area contributed by atoms with Crippen LogP contribution < -0.4 is 9.47 Å². The third-order valence-corrected chi connectivity index (χ3v) is 2.84. The van der Waals surface area contributed by atoms with E-state index in [0.717, 1.165) is 6.20 Å². The van der Waals surface area contributed by atoms with Gasteiger partial charge < -0.3 is 14.6 Å². The Balaban J connectivity index is 2.59. The van der Waals surface area contributed by atoms with Gasteiger partial charge >= 0.3 is 5.97 Å². The number of alkyl halides is 1. The van der Waals surface area contributed by atoms with E-state index in [1.807, 2.05) is 0 Å². The molecule has 0 unspecified atom stereocenters. The monoisotopic (exact) mass is 280 g/mol. The van der Waals surface area contributed by atoms with E-state index in [0.29, 0.717) is 17.2 Å². The SMILES string of the molecule is COc1ccc(-n2ncc(C(=O)O)c2CF)c(OC)c1. The van der Waals surface area contributed by atoms with Gasteiger partial charge in [0.1, 0.15) is 29.4 Å². The number of aromatic carboxylic acids is 1. The van der Waals surface area contributed by atoms with Crippen LogP contribution in [0, 0.1) is 0 Å². The average molecular weight is 280 g/mol. The number of methoxy groups -OCH3 is 2. The number of carboxylic acid groups (broad SMARTS) is 1. The number of rotatable bonds is 5. The van der Waals surface area contributed by atoms with Gasteiger partial charge in [-0.25, -0.2) is 13.9 Å². The maximum Gasteiger partial charge on any atom is 0.339 e. The third kappa shape index (κ3) is 2.29. The summed E-state index contributed by atoms with van der Waals surface area (Å²) in [5.41, 5.74) is 0.222. The lowest BCUT2D eigenvalue weighted by molar-refractivity contribution is 0.0694. The lowest BCUT2D eigenvalue weighted by Crippen LogP contribution is -2.06. The van der Waals surface area contributed by atoms with Gasteiger partial charge in [-0.15, -0.1) is 0 Å². The lowest BCUT2D eigenvalue weighted by atomic mass is 10.2. The van der Waals surface area contributed by atoms with Crippen molar-refractivity contribution in [3.8, 4) is 17.2 Å². The summed E-state index contributed by atoms with van der Waals surface area (Å²) in [6, 6.07) is 4.89. The van der Waals surface area contributed by atoms with Crippen molar-refractivity contribution in [2.75, 3.05) is 14.2 Å². The summed E-state index contributed by atoms with van der Waals surface area (Å²) >= 11 is 0. The van der Waals surface area contributed by atoms with Crippen LogP contribution in [0.15, 0.2) is 24.4 Å². The van der Waals surface area contributed by atoms with Crippen molar-refractivity contribution in [3.63, 3.8) is 0 Å². The molecule has 0 fully saturated rings. The highest BCUT2D eigenvalue weighted by Crippen LogP contribution is 2.29. The van der Waals surface area contributed by atoms with Crippen LogP contribution in [0.1, 0.15) is 16.1 Å². The van der Waals surface area contributed by atoms with E-state index in [4.69, 9.17) is 14.6 Å². The van der Waals surface area contributed by atoms with E-state index in [9.17, 15) is 9.18 Å². The van der Waals surface area contributed by atoms with Crippen molar-refractivity contribution in [2.45, 2.75) is 6.67 Å². The molecule has 1 aromatic carbocycles. The Bertz CT molecular complexity index is 639. The highest BCUT2D eigenvalue weighted by atomic mass is 19.1. The predicted octanol–water partition coefficient (Wildman–Crippen LogP) is 2.06. The first-order valence-corrected chi connectivity index (χ1v) is 5.71. The summed E-state index contributed by atoms with van der Waals surface area (Å²) in [6.07, 6.45) is 1.11. The van der Waals surface area contributed by atoms with Gasteiger partial charge in [0.05, 0.1) is 26.1 Å². The molecule has 0 spiro atoms. The van der Waals surface area contributed by atoms with Crippen LogP contribution in [-0.4, -0.2) is 35.1 Å². The van der Waals surface area contributed by atoms with E-state index in [-0.39, 0.29) is 11.3 Å². The molecule has 2 rings (SSSR count). The van der Waals surface area contributed by atoms with Crippen molar-refractivity contribution >= 4 is 5.97 Å². The Kier molecular flexibility index (Phi) is 3.88. The van der Waals surface area contributed by atoms with Crippen molar-refractivity contribution in [3.05, 3.63) is 35.7 Å². The molecule has 0 aliphatic rings. The summed E-state index contributed by atoms with van der Waals surface area (Å²) in [5.74, 6) is -0.256. The maximum absolute atomic E-state index is 13.1. The normalized spacial score (nSPS) is 10.3. The number of ether oxygens (including phenoxy) is 2. The fraction of sp³-hybridized carbons (Fsp3) is 0.231. The van der Waals surface area contributed by atoms with Gasteiger partial charge in [-0.2, -0.15) is 5.10 Å². The molecule has 0 saturated heterocycles. The average Bonchev–Trinajstić information content (AvgIpc) is 2.90. The molecule has 0 amide bonds. The number of nitrogens with zero attached hydrogens (tertiary/aromatic N) is 2. The Hall–Kier alpha value is -2.57. The number of hydrogen-bond donors (Lipinski definition) is 1. The minimum atomic E-state index is -1.23. The second-order valence-electron chi connectivity index (χ2n) is 3.89. The number of carboxylic acids is 1. The van der Waals surface area contributed by atoms with Crippen LogP contribution in [-0.2, 0) is 6.67 Å². The Morgan fingerprint density at radius 1 is 1.40 bits per heavy atom. The molecule has 20 heavy (non-hydrogen) atoms. The van der Waals surface area contributed by atoms with E-state index >= 15 is 0 Å². The second-order valence-corrected chi connectivity index (χ2v) is 3.89. The zero-order chi connectivity index (χ0) is 14.7. The van der Waals surface area contributed by atoms with Gasteiger partial charge in [0.15, 0.2) is 0 Å². The molecule has 1 aromatic heterocycles. The highest BCUT2D eigenvalue weighted by Gasteiger charge is 2.19. The molecule has 0 aliphatic heterocycles. The predicted molar refractivity (Wildman–Crippen MR) is 68.4 cm³/mol. The van der Waals surface area contributed by atoms with E-state index in [1.165, 1.54) is 18.9 Å². The zero-order valence-electron chi connectivity index (χ0n) is 11.0.